The van der Waals surface area contributed by atoms with E-state index in [2.05, 4.69) is 56.0 Å². The molecule has 0 amide bonds. The molecular formula is C16H25N. The third-order valence-electron chi connectivity index (χ3n) is 3.89. The molecule has 1 aromatic rings. The van der Waals surface area contributed by atoms with E-state index in [1.807, 2.05) is 0 Å². The number of likely N-dealkylation sites (tertiary alicyclic amines) is 1. The van der Waals surface area contributed by atoms with Crippen molar-refractivity contribution in [3.05, 3.63) is 35.9 Å². The van der Waals surface area contributed by atoms with Crippen LogP contribution in [0.4, 0.5) is 0 Å². The van der Waals surface area contributed by atoms with E-state index in [4.69, 9.17) is 0 Å². The van der Waals surface area contributed by atoms with Gasteiger partial charge in [0.1, 0.15) is 0 Å². The standard InChI is InChI=1S/C16H25N/c1-16(2,3)17-12-8-7-11-15(13-17)14-9-5-4-6-10-14/h4-6,9-10,15H,7-8,11-13H2,1-3H3. The predicted octanol–water partition coefficient (Wildman–Crippen LogP) is 4.05. The quantitative estimate of drug-likeness (QED) is 0.704. The number of hydrogen-bond acceptors (Lipinski definition) is 1. The monoisotopic (exact) mass is 231 g/mol. The van der Waals surface area contributed by atoms with Crippen LogP contribution in [0.5, 0.6) is 0 Å². The van der Waals surface area contributed by atoms with Crippen LogP contribution in [0.15, 0.2) is 30.3 Å². The fourth-order valence-electron chi connectivity index (χ4n) is 2.75. The van der Waals surface area contributed by atoms with Gasteiger partial charge in [-0.3, -0.25) is 4.90 Å². The van der Waals surface area contributed by atoms with Gasteiger partial charge in [0.2, 0.25) is 0 Å². The Labute approximate surface area is 106 Å². The van der Waals surface area contributed by atoms with Crippen molar-refractivity contribution >= 4 is 0 Å². The third kappa shape index (κ3) is 3.32. The van der Waals surface area contributed by atoms with E-state index in [0.29, 0.717) is 5.54 Å². The molecule has 0 N–H and O–H groups in total. The van der Waals surface area contributed by atoms with Gasteiger partial charge in [-0.15, -0.1) is 0 Å². The first-order valence-electron chi connectivity index (χ1n) is 6.87. The summed E-state index contributed by atoms with van der Waals surface area (Å²) in [6.07, 6.45) is 4.06. The van der Waals surface area contributed by atoms with Crippen molar-refractivity contribution in [1.29, 1.82) is 0 Å². The number of benzene rings is 1. The molecule has 2 rings (SSSR count). The molecule has 1 nitrogen and oxygen atoms in total. The second kappa shape index (κ2) is 5.22. The minimum atomic E-state index is 0.303. The maximum atomic E-state index is 2.65. The van der Waals surface area contributed by atoms with Gasteiger partial charge in [-0.05, 0) is 51.6 Å². The molecule has 1 fully saturated rings. The summed E-state index contributed by atoms with van der Waals surface area (Å²) in [6, 6.07) is 11.0. The molecule has 1 aromatic carbocycles. The molecule has 1 unspecified atom stereocenters. The Morgan fingerprint density at radius 3 is 2.41 bits per heavy atom. The van der Waals surface area contributed by atoms with Crippen LogP contribution in [0.3, 0.4) is 0 Å². The van der Waals surface area contributed by atoms with Gasteiger partial charge in [0, 0.05) is 12.1 Å². The summed E-state index contributed by atoms with van der Waals surface area (Å²) >= 11 is 0. The molecule has 1 aliphatic heterocycles. The van der Waals surface area contributed by atoms with E-state index < -0.39 is 0 Å². The summed E-state index contributed by atoms with van der Waals surface area (Å²) < 4.78 is 0. The van der Waals surface area contributed by atoms with Crippen molar-refractivity contribution in [2.45, 2.75) is 51.5 Å². The van der Waals surface area contributed by atoms with Gasteiger partial charge in [0.15, 0.2) is 0 Å². The van der Waals surface area contributed by atoms with Gasteiger partial charge in [0.25, 0.3) is 0 Å². The average molecular weight is 231 g/mol. The summed E-state index contributed by atoms with van der Waals surface area (Å²) in [4.78, 5) is 2.65. The zero-order valence-electron chi connectivity index (χ0n) is 11.4. The van der Waals surface area contributed by atoms with Crippen LogP contribution >= 0.6 is 0 Å². The molecular weight excluding hydrogens is 206 g/mol. The fraction of sp³-hybridized carbons (Fsp3) is 0.625. The minimum Gasteiger partial charge on any atom is -0.298 e. The van der Waals surface area contributed by atoms with Crippen molar-refractivity contribution in [3.8, 4) is 0 Å². The van der Waals surface area contributed by atoms with Crippen LogP contribution in [-0.2, 0) is 0 Å². The lowest BCUT2D eigenvalue weighted by atomic mass is 9.93. The van der Waals surface area contributed by atoms with Crippen LogP contribution < -0.4 is 0 Å². The van der Waals surface area contributed by atoms with E-state index in [0.717, 1.165) is 5.92 Å². The SMILES string of the molecule is CC(C)(C)N1CCCCC(c2ccccc2)C1. The van der Waals surface area contributed by atoms with Crippen molar-refractivity contribution in [1.82, 2.24) is 4.90 Å². The van der Waals surface area contributed by atoms with Gasteiger partial charge >= 0.3 is 0 Å². The second-order valence-electron chi connectivity index (χ2n) is 6.22. The molecule has 1 aliphatic rings. The van der Waals surface area contributed by atoms with Crippen LogP contribution in [0, 0.1) is 0 Å². The summed E-state index contributed by atoms with van der Waals surface area (Å²) in [5.74, 6) is 0.720. The molecule has 1 atom stereocenters. The Morgan fingerprint density at radius 2 is 1.76 bits per heavy atom. The van der Waals surface area contributed by atoms with Gasteiger partial charge in [-0.1, -0.05) is 36.8 Å². The Kier molecular flexibility index (Phi) is 3.88. The highest BCUT2D eigenvalue weighted by Crippen LogP contribution is 2.29. The molecule has 0 aromatic heterocycles. The van der Waals surface area contributed by atoms with Crippen LogP contribution in [-0.4, -0.2) is 23.5 Å². The third-order valence-corrected chi connectivity index (χ3v) is 3.89. The Hall–Kier alpha value is -0.820. The van der Waals surface area contributed by atoms with Crippen LogP contribution in [0.1, 0.15) is 51.5 Å². The summed E-state index contributed by atoms with van der Waals surface area (Å²) in [5.41, 5.74) is 1.82. The lowest BCUT2D eigenvalue weighted by Crippen LogP contribution is -2.43. The molecule has 1 heteroatoms. The number of rotatable bonds is 1. The molecule has 0 aliphatic carbocycles. The van der Waals surface area contributed by atoms with Crippen molar-refractivity contribution in [2.75, 3.05) is 13.1 Å². The zero-order valence-corrected chi connectivity index (χ0v) is 11.4. The van der Waals surface area contributed by atoms with Crippen molar-refractivity contribution in [2.24, 2.45) is 0 Å². The van der Waals surface area contributed by atoms with Gasteiger partial charge < -0.3 is 0 Å². The number of hydrogen-bond donors (Lipinski definition) is 0. The van der Waals surface area contributed by atoms with Gasteiger partial charge in [-0.2, -0.15) is 0 Å². The van der Waals surface area contributed by atoms with E-state index in [1.165, 1.54) is 37.9 Å². The van der Waals surface area contributed by atoms with Gasteiger partial charge in [-0.25, -0.2) is 0 Å². The zero-order chi connectivity index (χ0) is 12.3. The van der Waals surface area contributed by atoms with Crippen molar-refractivity contribution < 1.29 is 0 Å². The first kappa shape index (κ1) is 12.6. The molecule has 1 heterocycles. The summed E-state index contributed by atoms with van der Waals surface area (Å²) in [5, 5.41) is 0. The molecule has 0 radical (unpaired) electrons. The highest BCUT2D eigenvalue weighted by molar-refractivity contribution is 5.20. The van der Waals surface area contributed by atoms with Crippen LogP contribution in [0.2, 0.25) is 0 Å². The van der Waals surface area contributed by atoms with E-state index in [1.54, 1.807) is 0 Å². The predicted molar refractivity (Wildman–Crippen MR) is 74.4 cm³/mol. The Bertz CT molecular complexity index is 336. The first-order valence-corrected chi connectivity index (χ1v) is 6.87. The lowest BCUT2D eigenvalue weighted by molar-refractivity contribution is 0.136. The fourth-order valence-corrected chi connectivity index (χ4v) is 2.75. The van der Waals surface area contributed by atoms with Gasteiger partial charge in [0.05, 0.1) is 0 Å². The topological polar surface area (TPSA) is 3.24 Å². The first-order chi connectivity index (χ1) is 8.07. The maximum absolute atomic E-state index is 2.65. The molecule has 94 valence electrons. The van der Waals surface area contributed by atoms with Crippen molar-refractivity contribution in [3.63, 3.8) is 0 Å². The normalized spacial score (nSPS) is 23.4. The molecule has 0 saturated carbocycles. The highest BCUT2D eigenvalue weighted by atomic mass is 15.2. The smallest absolute Gasteiger partial charge is 0.0125 e. The molecule has 1 saturated heterocycles. The maximum Gasteiger partial charge on any atom is 0.0125 e. The summed E-state index contributed by atoms with van der Waals surface area (Å²) in [7, 11) is 0. The Morgan fingerprint density at radius 1 is 1.06 bits per heavy atom. The van der Waals surface area contributed by atoms with E-state index in [9.17, 15) is 0 Å². The summed E-state index contributed by atoms with van der Waals surface area (Å²) in [6.45, 7) is 9.47. The number of nitrogens with zero attached hydrogens (tertiary/aromatic N) is 1. The van der Waals surface area contributed by atoms with E-state index >= 15 is 0 Å². The highest BCUT2D eigenvalue weighted by Gasteiger charge is 2.26. The van der Waals surface area contributed by atoms with Crippen LogP contribution in [0.25, 0.3) is 0 Å². The largest absolute Gasteiger partial charge is 0.298 e. The Balaban J connectivity index is 2.13. The minimum absolute atomic E-state index is 0.303. The molecule has 0 bridgehead atoms. The second-order valence-corrected chi connectivity index (χ2v) is 6.22. The molecule has 17 heavy (non-hydrogen) atoms. The lowest BCUT2D eigenvalue weighted by Gasteiger charge is -2.36. The average Bonchev–Trinajstić information content (AvgIpc) is 2.55. The van der Waals surface area contributed by atoms with E-state index in [-0.39, 0.29) is 0 Å². The molecule has 0 spiro atoms.